The summed E-state index contributed by atoms with van der Waals surface area (Å²) in [6, 6.07) is 0. The second-order valence-electron chi connectivity index (χ2n) is 7.02. The molecule has 2 rings (SSSR count). The van der Waals surface area contributed by atoms with Crippen molar-refractivity contribution in [2.24, 2.45) is 17.1 Å². The van der Waals surface area contributed by atoms with Gasteiger partial charge in [-0.15, -0.1) is 0 Å². The maximum Gasteiger partial charge on any atom is 0.329 e. The molecule has 120 valence electrons. The van der Waals surface area contributed by atoms with Gasteiger partial charge in [0.05, 0.1) is 0 Å². The predicted octanol–water partition coefficient (Wildman–Crippen LogP) is 2.05. The van der Waals surface area contributed by atoms with Crippen LogP contribution in [0, 0.1) is 11.3 Å². The van der Waals surface area contributed by atoms with Crippen LogP contribution >= 0.6 is 0 Å². The highest BCUT2D eigenvalue weighted by Gasteiger charge is 2.45. The lowest BCUT2D eigenvalue weighted by Gasteiger charge is -2.42. The summed E-state index contributed by atoms with van der Waals surface area (Å²) in [5.74, 6) is -0.435. The van der Waals surface area contributed by atoms with Gasteiger partial charge >= 0.3 is 5.97 Å². The van der Waals surface area contributed by atoms with Crippen molar-refractivity contribution in [3.8, 4) is 0 Å². The fourth-order valence-electron chi connectivity index (χ4n) is 3.75. The molecule has 0 aliphatic heterocycles. The van der Waals surface area contributed by atoms with Crippen molar-refractivity contribution in [3.63, 3.8) is 0 Å². The number of carbonyl (C=O) groups excluding carboxylic acids is 1. The SMILES string of the molecule is CCC1CCC(NC(=O)CC2(CN)CCC2)(C(=O)O)CC1. The number of aliphatic carboxylic acids is 1. The van der Waals surface area contributed by atoms with Gasteiger partial charge in [0.2, 0.25) is 5.91 Å². The minimum atomic E-state index is -1.05. The first-order chi connectivity index (χ1) is 9.95. The molecule has 0 heterocycles. The number of carboxylic acid groups (broad SMARTS) is 1. The summed E-state index contributed by atoms with van der Waals surface area (Å²) in [7, 11) is 0. The van der Waals surface area contributed by atoms with E-state index in [1.165, 1.54) is 0 Å². The van der Waals surface area contributed by atoms with E-state index >= 15 is 0 Å². The molecule has 1 amide bonds. The zero-order chi connectivity index (χ0) is 15.5. The van der Waals surface area contributed by atoms with Gasteiger partial charge in [0.1, 0.15) is 5.54 Å². The Bertz CT molecular complexity index is 391. The lowest BCUT2D eigenvalue weighted by molar-refractivity contribution is -0.150. The quantitative estimate of drug-likeness (QED) is 0.699. The standard InChI is InChI=1S/C16H28N2O3/c1-2-12-4-8-16(9-5-12,14(20)21)18-13(19)10-15(11-17)6-3-7-15/h12H,2-11,17H2,1H3,(H,18,19)(H,20,21). The van der Waals surface area contributed by atoms with Crippen LogP contribution in [0.2, 0.25) is 0 Å². The Morgan fingerprint density at radius 2 is 1.86 bits per heavy atom. The molecular weight excluding hydrogens is 268 g/mol. The van der Waals surface area contributed by atoms with Gasteiger partial charge in [0.25, 0.3) is 0 Å². The van der Waals surface area contributed by atoms with Gasteiger partial charge in [-0.2, -0.15) is 0 Å². The van der Waals surface area contributed by atoms with E-state index in [0.717, 1.165) is 38.5 Å². The molecule has 0 radical (unpaired) electrons. The number of carbonyl (C=O) groups is 2. The van der Waals surface area contributed by atoms with Crippen LogP contribution in [0.3, 0.4) is 0 Å². The first-order valence-electron chi connectivity index (χ1n) is 8.20. The van der Waals surface area contributed by atoms with E-state index in [1.54, 1.807) is 0 Å². The monoisotopic (exact) mass is 296 g/mol. The largest absolute Gasteiger partial charge is 0.480 e. The third-order valence-corrected chi connectivity index (χ3v) is 5.71. The lowest BCUT2D eigenvalue weighted by Crippen LogP contribution is -2.57. The van der Waals surface area contributed by atoms with Crippen LogP contribution in [0.4, 0.5) is 0 Å². The number of carboxylic acids is 1. The molecule has 0 saturated heterocycles. The third-order valence-electron chi connectivity index (χ3n) is 5.71. The second kappa shape index (κ2) is 6.34. The Morgan fingerprint density at radius 1 is 1.24 bits per heavy atom. The van der Waals surface area contributed by atoms with Gasteiger partial charge in [-0.25, -0.2) is 4.79 Å². The van der Waals surface area contributed by atoms with Crippen LogP contribution in [-0.4, -0.2) is 29.1 Å². The minimum absolute atomic E-state index is 0.0790. The highest BCUT2D eigenvalue weighted by molar-refractivity contribution is 5.87. The van der Waals surface area contributed by atoms with E-state index in [-0.39, 0.29) is 11.3 Å². The molecule has 0 unspecified atom stereocenters. The fourth-order valence-corrected chi connectivity index (χ4v) is 3.75. The minimum Gasteiger partial charge on any atom is -0.480 e. The number of hydrogen-bond donors (Lipinski definition) is 3. The van der Waals surface area contributed by atoms with Gasteiger partial charge in [0, 0.05) is 6.42 Å². The maximum absolute atomic E-state index is 12.3. The molecular formula is C16H28N2O3. The van der Waals surface area contributed by atoms with Gasteiger partial charge in [-0.1, -0.05) is 19.8 Å². The lowest BCUT2D eigenvalue weighted by atomic mass is 9.66. The van der Waals surface area contributed by atoms with Crippen LogP contribution in [0.5, 0.6) is 0 Å². The molecule has 0 aromatic carbocycles. The van der Waals surface area contributed by atoms with Crippen molar-refractivity contribution >= 4 is 11.9 Å². The van der Waals surface area contributed by atoms with Crippen LogP contribution < -0.4 is 11.1 Å². The van der Waals surface area contributed by atoms with Crippen molar-refractivity contribution in [1.29, 1.82) is 0 Å². The summed E-state index contributed by atoms with van der Waals surface area (Å²) in [6.45, 7) is 2.65. The highest BCUT2D eigenvalue weighted by atomic mass is 16.4. The Kier molecular flexibility index (Phi) is 4.91. The van der Waals surface area contributed by atoms with Crippen molar-refractivity contribution in [2.75, 3.05) is 6.54 Å². The van der Waals surface area contributed by atoms with E-state index in [2.05, 4.69) is 12.2 Å². The summed E-state index contributed by atoms with van der Waals surface area (Å²) >= 11 is 0. The Labute approximate surface area is 126 Å². The number of nitrogens with one attached hydrogen (secondary N) is 1. The average molecular weight is 296 g/mol. The number of amides is 1. The Hall–Kier alpha value is -1.10. The molecule has 0 bridgehead atoms. The van der Waals surface area contributed by atoms with Gasteiger partial charge in [-0.05, 0) is 56.4 Å². The summed E-state index contributed by atoms with van der Waals surface area (Å²) in [6.07, 6.45) is 7.38. The van der Waals surface area contributed by atoms with E-state index in [4.69, 9.17) is 5.73 Å². The number of nitrogens with two attached hydrogens (primary N) is 1. The molecule has 2 fully saturated rings. The third kappa shape index (κ3) is 3.39. The topological polar surface area (TPSA) is 92.4 Å². The zero-order valence-electron chi connectivity index (χ0n) is 13.0. The predicted molar refractivity (Wildman–Crippen MR) is 80.7 cm³/mol. The summed E-state index contributed by atoms with van der Waals surface area (Å²) in [5.41, 5.74) is 4.65. The fraction of sp³-hybridized carbons (Fsp3) is 0.875. The highest BCUT2D eigenvalue weighted by Crippen LogP contribution is 2.43. The number of hydrogen-bond acceptors (Lipinski definition) is 3. The first kappa shape index (κ1) is 16.3. The van der Waals surface area contributed by atoms with E-state index in [0.29, 0.717) is 31.7 Å². The molecule has 21 heavy (non-hydrogen) atoms. The molecule has 5 heteroatoms. The molecule has 2 aliphatic rings. The molecule has 0 aromatic heterocycles. The van der Waals surface area contributed by atoms with Crippen LogP contribution in [0.15, 0.2) is 0 Å². The van der Waals surface area contributed by atoms with Gasteiger partial charge in [-0.3, -0.25) is 4.79 Å². The average Bonchev–Trinajstić information content (AvgIpc) is 2.43. The first-order valence-corrected chi connectivity index (χ1v) is 8.20. The molecule has 0 aromatic rings. The van der Waals surface area contributed by atoms with Crippen LogP contribution in [-0.2, 0) is 9.59 Å². The zero-order valence-corrected chi connectivity index (χ0v) is 13.0. The number of rotatable bonds is 6. The van der Waals surface area contributed by atoms with Gasteiger partial charge in [0.15, 0.2) is 0 Å². The second-order valence-corrected chi connectivity index (χ2v) is 7.02. The van der Waals surface area contributed by atoms with E-state index in [1.807, 2.05) is 0 Å². The Morgan fingerprint density at radius 3 is 2.24 bits per heavy atom. The summed E-state index contributed by atoms with van der Waals surface area (Å²) in [5, 5.41) is 12.4. The van der Waals surface area contributed by atoms with Crippen molar-refractivity contribution in [3.05, 3.63) is 0 Å². The molecule has 2 aliphatic carbocycles. The summed E-state index contributed by atoms with van der Waals surface area (Å²) in [4.78, 5) is 24.0. The molecule has 0 atom stereocenters. The van der Waals surface area contributed by atoms with Crippen molar-refractivity contribution in [1.82, 2.24) is 5.32 Å². The van der Waals surface area contributed by atoms with Crippen molar-refractivity contribution < 1.29 is 14.7 Å². The van der Waals surface area contributed by atoms with Crippen LogP contribution in [0.1, 0.15) is 64.7 Å². The normalized spacial score (nSPS) is 31.2. The van der Waals surface area contributed by atoms with E-state index < -0.39 is 11.5 Å². The van der Waals surface area contributed by atoms with Crippen molar-refractivity contribution in [2.45, 2.75) is 70.3 Å². The molecule has 0 spiro atoms. The molecule has 4 N–H and O–H groups in total. The Balaban J connectivity index is 1.97. The maximum atomic E-state index is 12.3. The molecule has 5 nitrogen and oxygen atoms in total. The summed E-state index contributed by atoms with van der Waals surface area (Å²) < 4.78 is 0. The molecule has 2 saturated carbocycles. The smallest absolute Gasteiger partial charge is 0.329 e. The van der Waals surface area contributed by atoms with Crippen LogP contribution in [0.25, 0.3) is 0 Å². The van der Waals surface area contributed by atoms with E-state index in [9.17, 15) is 14.7 Å². The van der Waals surface area contributed by atoms with Gasteiger partial charge < -0.3 is 16.2 Å².